The number of hydrogen-bond acceptors (Lipinski definition) is 5. The molecule has 0 fully saturated rings. The summed E-state index contributed by atoms with van der Waals surface area (Å²) in [4.78, 5) is 18.5. The van der Waals surface area contributed by atoms with Gasteiger partial charge in [-0.1, -0.05) is 24.3 Å². The van der Waals surface area contributed by atoms with E-state index in [4.69, 9.17) is 25.8 Å². The molecule has 2 heterocycles. The van der Waals surface area contributed by atoms with Crippen molar-refractivity contribution in [1.82, 2.24) is 4.98 Å². The van der Waals surface area contributed by atoms with Gasteiger partial charge in [0, 0.05) is 35.2 Å². The number of benzene rings is 3. The van der Waals surface area contributed by atoms with Crippen LogP contribution in [0.4, 0.5) is 5.69 Å². The number of amides is 1. The molecule has 1 aromatic heterocycles. The Morgan fingerprint density at radius 3 is 2.48 bits per heavy atom. The Kier molecular flexibility index (Phi) is 5.21. The van der Waals surface area contributed by atoms with Gasteiger partial charge >= 0.3 is 0 Å². The lowest BCUT2D eigenvalue weighted by molar-refractivity contribution is 0.0984. The normalized spacial score (nSPS) is 15.2. The summed E-state index contributed by atoms with van der Waals surface area (Å²) in [5.74, 6) is 1.62. The molecule has 3 aromatic carbocycles. The van der Waals surface area contributed by atoms with Crippen LogP contribution in [0.25, 0.3) is 21.7 Å². The summed E-state index contributed by atoms with van der Waals surface area (Å²) < 4.78 is 16.4. The van der Waals surface area contributed by atoms with Crippen LogP contribution in [0.2, 0.25) is 0 Å². The van der Waals surface area contributed by atoms with Crippen molar-refractivity contribution in [3.63, 3.8) is 0 Å². The van der Waals surface area contributed by atoms with E-state index in [1.807, 2.05) is 24.3 Å². The highest BCUT2D eigenvalue weighted by molar-refractivity contribution is 6.19. The SMILES string of the molecule is COc1cc2cc(C(=O)N3C[C@@H](CCl)c4c3cc(O)c3ccccc43)[nH]c2c(OC)c1OC. The third kappa shape index (κ3) is 3.15. The molecule has 1 amide bonds. The lowest BCUT2D eigenvalue weighted by Gasteiger charge is -2.17. The number of ether oxygens (including phenoxy) is 3. The van der Waals surface area contributed by atoms with Crippen LogP contribution in [-0.2, 0) is 0 Å². The number of phenolic OH excluding ortho intramolecular Hbond substituents is 1. The molecule has 5 rings (SSSR count). The lowest BCUT2D eigenvalue weighted by atomic mass is 9.95. The van der Waals surface area contributed by atoms with E-state index in [-0.39, 0.29) is 17.6 Å². The second-order valence-corrected chi connectivity index (χ2v) is 8.24. The molecule has 7 nitrogen and oxygen atoms in total. The number of methoxy groups -OCH3 is 3. The molecule has 0 spiro atoms. The summed E-state index contributed by atoms with van der Waals surface area (Å²) in [7, 11) is 4.62. The van der Waals surface area contributed by atoms with Gasteiger partial charge in [0.05, 0.1) is 32.5 Å². The van der Waals surface area contributed by atoms with E-state index < -0.39 is 0 Å². The van der Waals surface area contributed by atoms with E-state index in [1.54, 1.807) is 30.2 Å². The van der Waals surface area contributed by atoms with Crippen LogP contribution in [-0.4, -0.2) is 49.8 Å². The van der Waals surface area contributed by atoms with Crippen LogP contribution < -0.4 is 19.1 Å². The predicted molar refractivity (Wildman–Crippen MR) is 129 cm³/mol. The minimum absolute atomic E-state index is 0.0461. The molecule has 0 unspecified atom stereocenters. The first-order chi connectivity index (χ1) is 16.0. The predicted octanol–water partition coefficient (Wildman–Crippen LogP) is 5.04. The van der Waals surface area contributed by atoms with E-state index in [1.165, 1.54) is 14.2 Å². The summed E-state index contributed by atoms with van der Waals surface area (Å²) in [5, 5.41) is 13.0. The maximum absolute atomic E-state index is 13.7. The van der Waals surface area contributed by atoms with E-state index in [0.717, 1.165) is 21.7 Å². The number of aromatic amines is 1. The van der Waals surface area contributed by atoms with Crippen LogP contribution in [0.15, 0.2) is 42.5 Å². The van der Waals surface area contributed by atoms with Crippen molar-refractivity contribution in [2.24, 2.45) is 0 Å². The molecular formula is C25H23ClN2O5. The van der Waals surface area contributed by atoms with E-state index >= 15 is 0 Å². The maximum Gasteiger partial charge on any atom is 0.274 e. The smallest absolute Gasteiger partial charge is 0.274 e. The highest BCUT2D eigenvalue weighted by Crippen LogP contribution is 2.46. The molecule has 0 aliphatic carbocycles. The minimum atomic E-state index is -0.227. The zero-order valence-corrected chi connectivity index (χ0v) is 19.2. The highest BCUT2D eigenvalue weighted by Gasteiger charge is 2.35. The van der Waals surface area contributed by atoms with Crippen LogP contribution >= 0.6 is 11.6 Å². The average Bonchev–Trinajstić information content (AvgIpc) is 3.43. The van der Waals surface area contributed by atoms with Crippen LogP contribution in [0, 0.1) is 0 Å². The topological polar surface area (TPSA) is 84.0 Å². The molecule has 0 saturated carbocycles. The molecule has 0 radical (unpaired) electrons. The van der Waals surface area contributed by atoms with Crippen molar-refractivity contribution in [2.75, 3.05) is 38.7 Å². The van der Waals surface area contributed by atoms with Gasteiger partial charge in [0.1, 0.15) is 11.4 Å². The Bertz CT molecular complexity index is 1400. The van der Waals surface area contributed by atoms with Crippen LogP contribution in [0.1, 0.15) is 22.0 Å². The zero-order chi connectivity index (χ0) is 23.3. The fraction of sp³-hybridized carbons (Fsp3) is 0.240. The number of aromatic hydroxyl groups is 1. The molecule has 0 bridgehead atoms. The molecular weight excluding hydrogens is 444 g/mol. The number of fused-ring (bicyclic) bond motifs is 4. The first-order valence-electron chi connectivity index (χ1n) is 10.5. The standard InChI is InChI=1S/C25H23ClN2O5/c1-31-20-9-13-8-17(27-22(13)24(33-3)23(20)32-2)25(30)28-12-14(11-26)21-16-7-5-4-6-15(16)19(29)10-18(21)28/h4-10,14,27,29H,11-12H2,1-3H3/t14-/m1/s1. The number of phenols is 1. The van der Waals surface area contributed by atoms with Gasteiger partial charge in [0.25, 0.3) is 5.91 Å². The number of carbonyl (C=O) groups is 1. The molecule has 1 aliphatic heterocycles. The number of alkyl halides is 1. The zero-order valence-electron chi connectivity index (χ0n) is 18.4. The molecule has 0 saturated heterocycles. The highest BCUT2D eigenvalue weighted by atomic mass is 35.5. The summed E-state index contributed by atoms with van der Waals surface area (Å²) >= 11 is 6.31. The van der Waals surface area contributed by atoms with Crippen molar-refractivity contribution in [1.29, 1.82) is 0 Å². The number of H-pyrrole nitrogens is 1. The number of nitrogens with zero attached hydrogens (tertiary/aromatic N) is 1. The van der Waals surface area contributed by atoms with Gasteiger partial charge in [-0.05, 0) is 23.1 Å². The second-order valence-electron chi connectivity index (χ2n) is 7.93. The number of carbonyl (C=O) groups excluding carboxylic acids is 1. The Hall–Kier alpha value is -3.58. The first-order valence-corrected chi connectivity index (χ1v) is 11.0. The third-order valence-corrected chi connectivity index (χ3v) is 6.60. The molecule has 33 heavy (non-hydrogen) atoms. The minimum Gasteiger partial charge on any atom is -0.507 e. The molecule has 8 heteroatoms. The Morgan fingerprint density at radius 2 is 1.82 bits per heavy atom. The number of hydrogen-bond donors (Lipinski definition) is 2. The molecule has 170 valence electrons. The summed E-state index contributed by atoms with van der Waals surface area (Å²) in [6.07, 6.45) is 0. The first kappa shape index (κ1) is 21.3. The van der Waals surface area contributed by atoms with Crippen molar-refractivity contribution < 1.29 is 24.1 Å². The summed E-state index contributed by atoms with van der Waals surface area (Å²) in [5.41, 5.74) is 2.66. The van der Waals surface area contributed by atoms with Gasteiger partial charge in [0.15, 0.2) is 11.5 Å². The van der Waals surface area contributed by atoms with Crippen molar-refractivity contribution in [2.45, 2.75) is 5.92 Å². The number of rotatable bonds is 5. The van der Waals surface area contributed by atoms with Gasteiger partial charge < -0.3 is 29.2 Å². The van der Waals surface area contributed by atoms with Gasteiger partial charge in [-0.2, -0.15) is 0 Å². The summed E-state index contributed by atoms with van der Waals surface area (Å²) in [6.45, 7) is 0.421. The Morgan fingerprint density at radius 1 is 1.09 bits per heavy atom. The van der Waals surface area contributed by atoms with E-state index in [9.17, 15) is 9.90 Å². The van der Waals surface area contributed by atoms with Crippen molar-refractivity contribution >= 4 is 44.9 Å². The van der Waals surface area contributed by atoms with Gasteiger partial charge in [-0.3, -0.25) is 4.79 Å². The monoisotopic (exact) mass is 466 g/mol. The van der Waals surface area contributed by atoms with E-state index in [2.05, 4.69) is 4.98 Å². The fourth-order valence-electron chi connectivity index (χ4n) is 4.75. The van der Waals surface area contributed by atoms with Gasteiger partial charge in [0.2, 0.25) is 5.75 Å². The third-order valence-electron chi connectivity index (χ3n) is 6.23. The van der Waals surface area contributed by atoms with Crippen LogP contribution in [0.3, 0.4) is 0 Å². The number of nitrogens with one attached hydrogen (secondary N) is 1. The van der Waals surface area contributed by atoms with E-state index in [0.29, 0.717) is 46.6 Å². The molecule has 1 aliphatic rings. The maximum atomic E-state index is 13.7. The molecule has 1 atom stereocenters. The quantitative estimate of drug-likeness (QED) is 0.403. The number of halogens is 1. The summed E-state index contributed by atoms with van der Waals surface area (Å²) in [6, 6.07) is 12.8. The molecule has 2 N–H and O–H groups in total. The van der Waals surface area contributed by atoms with Gasteiger partial charge in [-0.15, -0.1) is 11.6 Å². The largest absolute Gasteiger partial charge is 0.507 e. The fourth-order valence-corrected chi connectivity index (χ4v) is 5.00. The van der Waals surface area contributed by atoms with Gasteiger partial charge in [-0.25, -0.2) is 0 Å². The number of aromatic nitrogens is 1. The van der Waals surface area contributed by atoms with Crippen molar-refractivity contribution in [3.8, 4) is 23.0 Å². The second kappa shape index (κ2) is 8.08. The lowest BCUT2D eigenvalue weighted by Crippen LogP contribution is -2.30. The van der Waals surface area contributed by atoms with Crippen LogP contribution in [0.5, 0.6) is 23.0 Å². The average molecular weight is 467 g/mol. The molecule has 4 aromatic rings. The number of anilines is 1. The Labute approximate surface area is 195 Å². The Balaban J connectivity index is 1.64. The van der Waals surface area contributed by atoms with Crippen molar-refractivity contribution in [3.05, 3.63) is 53.7 Å².